The van der Waals surface area contributed by atoms with Gasteiger partial charge in [0.15, 0.2) is 11.5 Å². The average molecular weight is 306 g/mol. The molecule has 0 amide bonds. The summed E-state index contributed by atoms with van der Waals surface area (Å²) >= 11 is 0. The number of rotatable bonds is 2. The number of allylic oxidation sites excluding steroid dienone is 2. The van der Waals surface area contributed by atoms with Gasteiger partial charge in [0.1, 0.15) is 5.75 Å². The van der Waals surface area contributed by atoms with Crippen LogP contribution in [-0.4, -0.2) is 0 Å². The Morgan fingerprint density at radius 1 is 1.19 bits per heavy atom. The molecule has 0 N–H and O–H groups in total. The van der Waals surface area contributed by atoms with Crippen molar-refractivity contribution in [3.8, 4) is 5.75 Å². The van der Waals surface area contributed by atoms with Gasteiger partial charge in [-0.1, -0.05) is 39.0 Å². The van der Waals surface area contributed by atoms with E-state index in [4.69, 9.17) is 13.6 Å². The Hall–Kier alpha value is -1.41. The highest BCUT2D eigenvalue weighted by Crippen LogP contribution is 2.76. The molecule has 0 aromatic heterocycles. The molecule has 1 aliphatic heterocycles. The first-order chi connectivity index (χ1) is 9.86. The van der Waals surface area contributed by atoms with Crippen LogP contribution >= 0.6 is 7.82 Å². The molecular formula is C16H19O4P. The highest BCUT2D eigenvalue weighted by Gasteiger charge is 2.68. The van der Waals surface area contributed by atoms with E-state index in [2.05, 4.69) is 20.8 Å². The number of phosphoric ester groups is 1. The van der Waals surface area contributed by atoms with Crippen molar-refractivity contribution in [2.75, 3.05) is 0 Å². The van der Waals surface area contributed by atoms with Crippen molar-refractivity contribution in [2.45, 2.75) is 33.6 Å². The summed E-state index contributed by atoms with van der Waals surface area (Å²) in [4.78, 5) is 0. The van der Waals surface area contributed by atoms with E-state index in [9.17, 15) is 4.57 Å². The standard InChI is InChI=1S/C16H19O4P/c1-15(2)12-9-10-16(15,3)14-13(12)19-21(17,20-14)18-11-7-5-4-6-8-11/h4-8,12H,9-10H2,1-3H3. The van der Waals surface area contributed by atoms with E-state index in [0.29, 0.717) is 5.75 Å². The van der Waals surface area contributed by atoms with Crippen molar-refractivity contribution in [3.05, 3.63) is 41.9 Å². The van der Waals surface area contributed by atoms with Crippen molar-refractivity contribution in [1.82, 2.24) is 0 Å². The molecule has 1 aromatic carbocycles. The lowest BCUT2D eigenvalue weighted by atomic mass is 9.70. The molecule has 2 aliphatic carbocycles. The number of phosphoric acid groups is 1. The van der Waals surface area contributed by atoms with E-state index >= 15 is 0 Å². The van der Waals surface area contributed by atoms with Crippen molar-refractivity contribution in [3.63, 3.8) is 0 Å². The zero-order valence-electron chi connectivity index (χ0n) is 12.5. The smallest absolute Gasteiger partial charge is 0.387 e. The topological polar surface area (TPSA) is 44.8 Å². The summed E-state index contributed by atoms with van der Waals surface area (Å²) in [6.07, 6.45) is 2.09. The van der Waals surface area contributed by atoms with Gasteiger partial charge in [-0.15, -0.1) is 0 Å². The van der Waals surface area contributed by atoms with Crippen LogP contribution in [0.15, 0.2) is 41.9 Å². The molecule has 21 heavy (non-hydrogen) atoms. The Morgan fingerprint density at radius 3 is 2.57 bits per heavy atom. The highest BCUT2D eigenvalue weighted by atomic mass is 31.2. The first-order valence-electron chi connectivity index (χ1n) is 7.34. The van der Waals surface area contributed by atoms with Crippen LogP contribution in [0.1, 0.15) is 33.6 Å². The quantitative estimate of drug-likeness (QED) is 0.730. The van der Waals surface area contributed by atoms with Crippen LogP contribution < -0.4 is 4.52 Å². The maximum absolute atomic E-state index is 12.8. The van der Waals surface area contributed by atoms with Gasteiger partial charge in [-0.05, 0) is 30.4 Å². The lowest BCUT2D eigenvalue weighted by Crippen LogP contribution is -2.31. The number of para-hydroxylation sites is 1. The molecule has 5 heteroatoms. The maximum Gasteiger partial charge on any atom is 0.646 e. The SMILES string of the molecule is CC12CCC(C3=C1OP(=O)(Oc1ccccc1)O3)C2(C)C. The summed E-state index contributed by atoms with van der Waals surface area (Å²) < 4.78 is 29.7. The van der Waals surface area contributed by atoms with Gasteiger partial charge < -0.3 is 13.6 Å². The minimum absolute atomic E-state index is 0.0790. The van der Waals surface area contributed by atoms with Gasteiger partial charge >= 0.3 is 7.82 Å². The molecule has 3 aliphatic rings. The van der Waals surface area contributed by atoms with E-state index in [1.165, 1.54) is 0 Å². The van der Waals surface area contributed by atoms with Crippen molar-refractivity contribution in [2.24, 2.45) is 16.7 Å². The monoisotopic (exact) mass is 306 g/mol. The second-order valence-electron chi connectivity index (χ2n) is 6.87. The fourth-order valence-corrected chi connectivity index (χ4v) is 5.40. The Morgan fingerprint density at radius 2 is 1.90 bits per heavy atom. The van der Waals surface area contributed by atoms with Gasteiger partial charge in [0.2, 0.25) is 0 Å². The molecule has 1 fully saturated rings. The normalized spacial score (nSPS) is 38.9. The summed E-state index contributed by atoms with van der Waals surface area (Å²) in [7, 11) is -3.58. The summed E-state index contributed by atoms with van der Waals surface area (Å²) in [5.41, 5.74) is -0.0329. The second-order valence-corrected chi connectivity index (χ2v) is 8.31. The molecule has 112 valence electrons. The first-order valence-corrected chi connectivity index (χ1v) is 8.80. The molecule has 4 nitrogen and oxygen atoms in total. The van der Waals surface area contributed by atoms with Crippen LogP contribution in [0, 0.1) is 16.7 Å². The molecule has 0 radical (unpaired) electrons. The van der Waals surface area contributed by atoms with Gasteiger partial charge in [0, 0.05) is 11.3 Å². The van der Waals surface area contributed by atoms with Gasteiger partial charge in [-0.2, -0.15) is 4.57 Å². The summed E-state index contributed by atoms with van der Waals surface area (Å²) in [6, 6.07) is 9.02. The van der Waals surface area contributed by atoms with E-state index in [0.717, 1.165) is 24.4 Å². The van der Waals surface area contributed by atoms with Crippen LogP contribution in [0.25, 0.3) is 0 Å². The fraction of sp³-hybridized carbons (Fsp3) is 0.500. The molecule has 1 aromatic rings. The minimum atomic E-state index is -3.58. The third kappa shape index (κ3) is 1.60. The first kappa shape index (κ1) is 13.3. The maximum atomic E-state index is 12.8. The highest BCUT2D eigenvalue weighted by molar-refractivity contribution is 7.49. The number of hydrogen-bond donors (Lipinski definition) is 0. The van der Waals surface area contributed by atoms with Crippen LogP contribution in [0.2, 0.25) is 0 Å². The van der Waals surface area contributed by atoms with Crippen molar-refractivity contribution >= 4 is 7.82 Å². The molecule has 4 rings (SSSR count). The predicted molar refractivity (Wildman–Crippen MR) is 78.5 cm³/mol. The molecular weight excluding hydrogens is 287 g/mol. The van der Waals surface area contributed by atoms with E-state index in [1.807, 2.05) is 18.2 Å². The van der Waals surface area contributed by atoms with Crippen LogP contribution in [0.4, 0.5) is 0 Å². The zero-order chi connectivity index (χ0) is 14.9. The van der Waals surface area contributed by atoms with Gasteiger partial charge in [0.05, 0.1) is 0 Å². The van der Waals surface area contributed by atoms with Gasteiger partial charge in [-0.25, -0.2) is 0 Å². The summed E-state index contributed by atoms with van der Waals surface area (Å²) in [5.74, 6) is 2.28. The Labute approximate surface area is 124 Å². The Balaban J connectivity index is 1.63. The van der Waals surface area contributed by atoms with Gasteiger partial charge in [-0.3, -0.25) is 0 Å². The Kier molecular flexibility index (Phi) is 2.44. The number of hydrogen-bond acceptors (Lipinski definition) is 4. The van der Waals surface area contributed by atoms with E-state index in [1.54, 1.807) is 12.1 Å². The molecule has 1 saturated carbocycles. The third-order valence-corrected chi connectivity index (χ3v) is 6.90. The number of fused-ring (bicyclic) bond motifs is 4. The van der Waals surface area contributed by atoms with Crippen LogP contribution in [-0.2, 0) is 13.6 Å². The largest absolute Gasteiger partial charge is 0.646 e. The van der Waals surface area contributed by atoms with Crippen LogP contribution in [0.5, 0.6) is 5.75 Å². The third-order valence-electron chi connectivity index (χ3n) is 5.64. The molecule has 0 saturated heterocycles. The van der Waals surface area contributed by atoms with E-state index in [-0.39, 0.29) is 16.7 Å². The number of benzene rings is 1. The average Bonchev–Trinajstić information content (AvgIpc) is 2.93. The zero-order valence-corrected chi connectivity index (χ0v) is 13.4. The van der Waals surface area contributed by atoms with Crippen molar-refractivity contribution < 1.29 is 18.1 Å². The summed E-state index contributed by atoms with van der Waals surface area (Å²) in [5, 5.41) is 0. The van der Waals surface area contributed by atoms with Gasteiger partial charge in [0.25, 0.3) is 0 Å². The molecule has 0 spiro atoms. The van der Waals surface area contributed by atoms with E-state index < -0.39 is 7.82 Å². The summed E-state index contributed by atoms with van der Waals surface area (Å²) in [6.45, 7) is 6.65. The Bertz CT molecular complexity index is 679. The lowest BCUT2D eigenvalue weighted by Gasteiger charge is -2.36. The van der Waals surface area contributed by atoms with Crippen LogP contribution in [0.3, 0.4) is 0 Å². The molecule has 3 unspecified atom stereocenters. The molecule has 1 heterocycles. The predicted octanol–water partition coefficient (Wildman–Crippen LogP) is 4.89. The molecule has 3 atom stereocenters. The minimum Gasteiger partial charge on any atom is -0.387 e. The molecule has 2 bridgehead atoms. The lowest BCUT2D eigenvalue weighted by molar-refractivity contribution is 0.106. The second kappa shape index (κ2) is 3.86. The van der Waals surface area contributed by atoms with Crippen molar-refractivity contribution in [1.29, 1.82) is 0 Å². The fourth-order valence-electron chi connectivity index (χ4n) is 3.95.